The van der Waals surface area contributed by atoms with Gasteiger partial charge in [-0.2, -0.15) is 18.9 Å². The highest BCUT2D eigenvalue weighted by Gasteiger charge is 2.25. The van der Waals surface area contributed by atoms with Gasteiger partial charge < -0.3 is 4.52 Å². The molecule has 9 rings (SSSR count). The Balaban J connectivity index is 0.000000535. The summed E-state index contributed by atoms with van der Waals surface area (Å²) in [6.45, 7) is 81.7. The van der Waals surface area contributed by atoms with Gasteiger partial charge in [-0.05, 0) is 133 Å². The summed E-state index contributed by atoms with van der Waals surface area (Å²) in [6.07, 6.45) is 15.3. The Morgan fingerprint density at radius 1 is 0.589 bits per heavy atom. The van der Waals surface area contributed by atoms with E-state index in [0.717, 1.165) is 70.1 Å². The topological polar surface area (TPSA) is 149 Å². The minimum atomic E-state index is 0.0846. The monoisotopic (exact) mass is 1380 g/mol. The van der Waals surface area contributed by atoms with Gasteiger partial charge in [0, 0.05) is 96.8 Å². The normalized spacial score (nSPS) is 13.3. The summed E-state index contributed by atoms with van der Waals surface area (Å²) in [4.78, 5) is 20.2. The first-order valence-corrected chi connectivity index (χ1v) is 36.9. The summed E-state index contributed by atoms with van der Waals surface area (Å²) in [5.74, 6) is 0.949. The molecule has 16 heteroatoms. The first-order valence-electron chi connectivity index (χ1n) is 33.6. The van der Waals surface area contributed by atoms with E-state index in [1.165, 1.54) is 54.9 Å². The van der Waals surface area contributed by atoms with Gasteiger partial charge in [0.1, 0.15) is 5.76 Å². The molecule has 0 amide bonds. The summed E-state index contributed by atoms with van der Waals surface area (Å²) in [5, 5.41) is 21.9. The maximum atomic E-state index is 5.08. The quantitative estimate of drug-likeness (QED) is 0.183. The van der Waals surface area contributed by atoms with Crippen molar-refractivity contribution in [2.24, 2.45) is 27.9 Å². The summed E-state index contributed by atoms with van der Waals surface area (Å²) in [6, 6.07) is 6.27. The minimum absolute atomic E-state index is 0.0846. The van der Waals surface area contributed by atoms with Crippen molar-refractivity contribution >= 4 is 63.2 Å². The molecule has 0 fully saturated rings. The van der Waals surface area contributed by atoms with Gasteiger partial charge in [0.05, 0.1) is 56.4 Å². The zero-order chi connectivity index (χ0) is 73.7. The summed E-state index contributed by atoms with van der Waals surface area (Å²) in [5.41, 5.74) is 17.3. The molecule has 530 valence electrons. The lowest BCUT2D eigenvalue weighted by molar-refractivity contribution is 0.327. The van der Waals surface area contributed by atoms with Gasteiger partial charge in [-0.1, -0.05) is 231 Å². The van der Waals surface area contributed by atoms with E-state index in [4.69, 9.17) is 4.52 Å². The molecule has 0 unspecified atom stereocenters. The number of aromatic nitrogens is 9. The lowest BCUT2D eigenvalue weighted by atomic mass is 9.84. The van der Waals surface area contributed by atoms with Crippen molar-refractivity contribution in [3.05, 3.63) is 161 Å². The van der Waals surface area contributed by atoms with Crippen LogP contribution >= 0.6 is 45.7 Å². The van der Waals surface area contributed by atoms with Crippen LogP contribution in [-0.2, 0) is 51.4 Å². The van der Waals surface area contributed by atoms with Crippen LogP contribution in [0.15, 0.2) is 98.5 Å². The van der Waals surface area contributed by atoms with Crippen LogP contribution in [0.4, 0.5) is 0 Å². The molecule has 12 nitrogen and oxygen atoms in total. The first kappa shape index (κ1) is 87.5. The van der Waals surface area contributed by atoms with Crippen LogP contribution < -0.4 is 0 Å². The van der Waals surface area contributed by atoms with Gasteiger partial charge in [-0.3, -0.25) is 19.8 Å². The second-order valence-corrected chi connectivity index (χ2v) is 37.3. The molecular formula is C79H129N11OS4. The Labute approximate surface area is 595 Å². The largest absolute Gasteiger partial charge is 0.361 e. The van der Waals surface area contributed by atoms with E-state index in [9.17, 15) is 0 Å². The second kappa shape index (κ2) is 36.9. The fourth-order valence-corrected chi connectivity index (χ4v) is 11.9. The SMILES string of the molecule is C=CC1=NCC=C1C(C)(C)C.C=Cc1nn(C)cc1C(C)(C)C.CCC1=NC(C(C)(C)C)=CC1.CCc1cc(C(C)(C)C)n[nH]1.Cc1cc(C(C)(C)C)on1.Cc1cc(C(C)(C)C)sn1.Cc1nc(C(C)(C)C)cs1.Cc1ncc(C(C)(C)C)s1.Cc1nscc1C(C)(C)C. The number of nitrogens with one attached hydrogen (secondary N) is 1. The average molecular weight is 1380 g/mol. The van der Waals surface area contributed by atoms with Gasteiger partial charge in [0.15, 0.2) is 0 Å². The third-order valence-corrected chi connectivity index (χ3v) is 18.6. The fraction of sp³-hybridized carbons (Fsp3) is 0.608. The number of thiazole rings is 2. The average Bonchev–Trinajstić information content (AvgIpc) is 1.73. The molecule has 7 aromatic heterocycles. The van der Waals surface area contributed by atoms with Crippen molar-refractivity contribution < 1.29 is 4.52 Å². The highest BCUT2D eigenvalue weighted by atomic mass is 32.1. The number of hydrogen-bond donors (Lipinski definition) is 1. The zero-order valence-electron chi connectivity index (χ0n) is 66.1. The van der Waals surface area contributed by atoms with Crippen LogP contribution in [0, 0.1) is 45.4 Å². The van der Waals surface area contributed by atoms with Crippen LogP contribution in [0.3, 0.4) is 0 Å². The Morgan fingerprint density at radius 3 is 1.42 bits per heavy atom. The number of allylic oxidation sites excluding steroid dienone is 4. The van der Waals surface area contributed by atoms with Crippen molar-refractivity contribution in [2.75, 3.05) is 6.54 Å². The van der Waals surface area contributed by atoms with Gasteiger partial charge >= 0.3 is 0 Å². The molecule has 1 N–H and O–H groups in total. The number of hydrogen-bond acceptors (Lipinski definition) is 14. The maximum absolute atomic E-state index is 5.08. The molecule has 0 radical (unpaired) electrons. The molecule has 0 atom stereocenters. The Hall–Kier alpha value is -5.55. The summed E-state index contributed by atoms with van der Waals surface area (Å²) in [7, 11) is 1.93. The molecule has 2 aliphatic rings. The fourth-order valence-electron chi connectivity index (χ4n) is 8.49. The molecular weight excluding hydrogens is 1250 g/mol. The van der Waals surface area contributed by atoms with E-state index < -0.39 is 0 Å². The predicted octanol–water partition coefficient (Wildman–Crippen LogP) is 23.7. The number of aryl methyl sites for hydroxylation is 7. The van der Waals surface area contributed by atoms with Crippen LogP contribution in [0.2, 0.25) is 0 Å². The van der Waals surface area contributed by atoms with Crippen molar-refractivity contribution in [3.8, 4) is 0 Å². The van der Waals surface area contributed by atoms with Gasteiger partial charge in [-0.25, -0.2) is 9.97 Å². The highest BCUT2D eigenvalue weighted by Crippen LogP contribution is 2.33. The Bertz CT molecular complexity index is 3330. The van der Waals surface area contributed by atoms with Crippen molar-refractivity contribution in [1.29, 1.82) is 0 Å². The minimum Gasteiger partial charge on any atom is -0.361 e. The van der Waals surface area contributed by atoms with Gasteiger partial charge in [0.2, 0.25) is 0 Å². The van der Waals surface area contributed by atoms with E-state index in [1.807, 2.05) is 57.8 Å². The molecule has 0 spiro atoms. The first-order chi connectivity index (χ1) is 43.1. The van der Waals surface area contributed by atoms with Gasteiger partial charge in [-0.15, -0.1) is 22.7 Å². The van der Waals surface area contributed by atoms with Crippen LogP contribution in [0.25, 0.3) is 6.08 Å². The van der Waals surface area contributed by atoms with E-state index >= 15 is 0 Å². The van der Waals surface area contributed by atoms with E-state index in [-0.39, 0.29) is 48.7 Å². The molecule has 2 aliphatic heterocycles. The lowest BCUT2D eigenvalue weighted by Crippen LogP contribution is -2.14. The van der Waals surface area contributed by atoms with Crippen molar-refractivity contribution in [1.82, 2.24) is 43.8 Å². The van der Waals surface area contributed by atoms with Crippen molar-refractivity contribution in [3.63, 3.8) is 0 Å². The van der Waals surface area contributed by atoms with Crippen molar-refractivity contribution in [2.45, 2.75) is 293 Å². The Morgan fingerprint density at radius 2 is 1.17 bits per heavy atom. The molecule has 0 saturated heterocycles. The number of rotatable bonds is 4. The molecule has 7 aromatic rings. The maximum Gasteiger partial charge on any atom is 0.142 e. The van der Waals surface area contributed by atoms with Crippen LogP contribution in [0.5, 0.6) is 0 Å². The molecule has 0 aromatic carbocycles. The third kappa shape index (κ3) is 32.6. The molecule has 95 heavy (non-hydrogen) atoms. The summed E-state index contributed by atoms with van der Waals surface area (Å²) < 4.78 is 15.4. The predicted molar refractivity (Wildman–Crippen MR) is 421 cm³/mol. The van der Waals surface area contributed by atoms with Crippen LogP contribution in [-0.4, -0.2) is 61.8 Å². The van der Waals surface area contributed by atoms with E-state index in [1.54, 1.807) is 51.8 Å². The number of aliphatic imine (C=N–C) groups is 2. The highest BCUT2D eigenvalue weighted by molar-refractivity contribution is 7.11. The Kier molecular flexibility index (Phi) is 33.9. The smallest absolute Gasteiger partial charge is 0.142 e. The van der Waals surface area contributed by atoms with Crippen LogP contribution in [0.1, 0.15) is 290 Å². The summed E-state index contributed by atoms with van der Waals surface area (Å²) >= 11 is 6.65. The number of aromatic amines is 1. The molecule has 9 heterocycles. The lowest BCUT2D eigenvalue weighted by Gasteiger charge is -2.20. The standard InChI is InChI=1S/C10H16N2.C10H15N.C10H17N.C9H16N2.C8H13NO.4C8H13NS/c1-6-9-8(10(2,3)4)7-12(5)11-9;1-5-9-8(6-7-11-9)10(2,3)4;1-5-8-6-7-9(11-8)10(2,3)4;1-5-7-6-8(11-10-7)9(2,3)4;1-6-5-7(10-9-6)8(2,3)4;1-6-9-7(5-10-6)8(2,3)4;1-6-9-5-7(10-6)8(2,3)4;1-6-7(5-10-9-6)8(2,3)4;1-6-5-7(10-9-6)8(2,3)4/h6-7H,1H2,2-5H3;5-6H,1,7H2,2-4H3;7H,5-6H2,1-4H3;6H,5H2,1-4H3,(H,10,11);5*5H,1-4H3. The molecule has 0 aliphatic carbocycles. The van der Waals surface area contributed by atoms with Gasteiger partial charge in [0.25, 0.3) is 0 Å². The van der Waals surface area contributed by atoms with E-state index in [2.05, 4.69) is 311 Å². The third-order valence-electron chi connectivity index (χ3n) is 14.5. The molecule has 0 saturated carbocycles. The second-order valence-electron chi connectivity index (χ2n) is 33.5. The zero-order valence-corrected chi connectivity index (χ0v) is 69.4. The van der Waals surface area contributed by atoms with E-state index in [0.29, 0.717) is 0 Å². The molecule has 0 bridgehead atoms. The number of nitrogens with zero attached hydrogens (tertiary/aromatic N) is 10. The number of H-pyrrole nitrogens is 1.